The highest BCUT2D eigenvalue weighted by atomic mass is 19.1. The molecule has 2 rings (SSSR count). The summed E-state index contributed by atoms with van der Waals surface area (Å²) in [5.74, 6) is -0.143. The summed E-state index contributed by atoms with van der Waals surface area (Å²) in [5, 5.41) is 2.20. The van der Waals surface area contributed by atoms with Crippen LogP contribution in [0.4, 0.5) is 4.39 Å². The van der Waals surface area contributed by atoms with Crippen LogP contribution in [-0.2, 0) is 0 Å². The van der Waals surface area contributed by atoms with Crippen LogP contribution in [0.15, 0.2) is 18.2 Å². The van der Waals surface area contributed by atoms with E-state index in [9.17, 15) is 4.39 Å². The SMILES string of the molecule is Fc1ccc2c(c1)=CCCC=2. The van der Waals surface area contributed by atoms with Gasteiger partial charge in [-0.25, -0.2) is 4.39 Å². The zero-order chi connectivity index (χ0) is 7.68. The summed E-state index contributed by atoms with van der Waals surface area (Å²) in [4.78, 5) is 0. The number of hydrogen-bond donors (Lipinski definition) is 0. The first-order valence-corrected chi connectivity index (χ1v) is 3.82. The van der Waals surface area contributed by atoms with Crippen LogP contribution in [0.25, 0.3) is 12.2 Å². The molecule has 0 spiro atoms. The van der Waals surface area contributed by atoms with Crippen LogP contribution in [0, 0.1) is 5.82 Å². The molecule has 1 heteroatoms. The normalized spacial score (nSPS) is 14.6. The second-order valence-electron chi connectivity index (χ2n) is 2.76. The second-order valence-corrected chi connectivity index (χ2v) is 2.76. The molecule has 0 N–H and O–H groups in total. The monoisotopic (exact) mass is 148 g/mol. The molecule has 0 nitrogen and oxygen atoms in total. The number of rotatable bonds is 0. The lowest BCUT2D eigenvalue weighted by molar-refractivity contribution is 0.626. The van der Waals surface area contributed by atoms with Gasteiger partial charge in [0.1, 0.15) is 5.82 Å². The molecule has 1 aliphatic carbocycles. The third-order valence-electron chi connectivity index (χ3n) is 1.94. The van der Waals surface area contributed by atoms with E-state index in [-0.39, 0.29) is 5.82 Å². The van der Waals surface area contributed by atoms with Crippen molar-refractivity contribution in [1.82, 2.24) is 0 Å². The van der Waals surface area contributed by atoms with Gasteiger partial charge in [0, 0.05) is 0 Å². The van der Waals surface area contributed by atoms with Crippen LogP contribution >= 0.6 is 0 Å². The summed E-state index contributed by atoms with van der Waals surface area (Å²) in [5.41, 5.74) is 0. The maximum absolute atomic E-state index is 12.7. The minimum Gasteiger partial charge on any atom is -0.207 e. The Hall–Kier alpha value is -1.11. The van der Waals surface area contributed by atoms with E-state index in [2.05, 4.69) is 12.2 Å². The largest absolute Gasteiger partial charge is 0.207 e. The highest BCUT2D eigenvalue weighted by molar-refractivity contribution is 5.37. The fourth-order valence-corrected chi connectivity index (χ4v) is 1.39. The summed E-state index contributed by atoms with van der Waals surface area (Å²) in [7, 11) is 0. The Morgan fingerprint density at radius 3 is 2.55 bits per heavy atom. The third-order valence-corrected chi connectivity index (χ3v) is 1.94. The smallest absolute Gasteiger partial charge is 0.123 e. The van der Waals surface area contributed by atoms with Crippen molar-refractivity contribution in [3.63, 3.8) is 0 Å². The van der Waals surface area contributed by atoms with Crippen molar-refractivity contribution in [2.24, 2.45) is 0 Å². The van der Waals surface area contributed by atoms with Crippen molar-refractivity contribution in [2.75, 3.05) is 0 Å². The Labute approximate surface area is 64.7 Å². The highest BCUT2D eigenvalue weighted by Crippen LogP contribution is 1.95. The lowest BCUT2D eigenvalue weighted by Gasteiger charge is -1.98. The van der Waals surface area contributed by atoms with Gasteiger partial charge in [-0.05, 0) is 35.4 Å². The van der Waals surface area contributed by atoms with Crippen LogP contribution in [0.1, 0.15) is 12.8 Å². The Morgan fingerprint density at radius 2 is 1.73 bits per heavy atom. The maximum Gasteiger partial charge on any atom is 0.123 e. The van der Waals surface area contributed by atoms with E-state index in [0.29, 0.717) is 0 Å². The van der Waals surface area contributed by atoms with Gasteiger partial charge in [-0.3, -0.25) is 0 Å². The predicted molar refractivity (Wildman–Crippen MR) is 43.8 cm³/mol. The summed E-state index contributed by atoms with van der Waals surface area (Å²) < 4.78 is 12.7. The summed E-state index contributed by atoms with van der Waals surface area (Å²) >= 11 is 0. The molecule has 0 radical (unpaired) electrons. The number of halogens is 1. The molecular weight excluding hydrogens is 139 g/mol. The molecular formula is C10H9F. The Morgan fingerprint density at radius 1 is 1.00 bits per heavy atom. The third kappa shape index (κ3) is 1.18. The topological polar surface area (TPSA) is 0 Å². The first-order valence-electron chi connectivity index (χ1n) is 3.82. The Kier molecular flexibility index (Phi) is 1.50. The fourth-order valence-electron chi connectivity index (χ4n) is 1.39. The van der Waals surface area contributed by atoms with Gasteiger partial charge in [0.25, 0.3) is 0 Å². The molecule has 1 aromatic carbocycles. The van der Waals surface area contributed by atoms with E-state index >= 15 is 0 Å². The first-order chi connectivity index (χ1) is 5.36. The van der Waals surface area contributed by atoms with Gasteiger partial charge in [-0.2, -0.15) is 0 Å². The van der Waals surface area contributed by atoms with Gasteiger partial charge in [0.2, 0.25) is 0 Å². The van der Waals surface area contributed by atoms with Crippen LogP contribution < -0.4 is 10.4 Å². The zero-order valence-corrected chi connectivity index (χ0v) is 6.18. The van der Waals surface area contributed by atoms with Crippen LogP contribution in [-0.4, -0.2) is 0 Å². The van der Waals surface area contributed by atoms with Crippen LogP contribution in [0.5, 0.6) is 0 Å². The molecule has 0 aromatic heterocycles. The summed E-state index contributed by atoms with van der Waals surface area (Å²) in [6.45, 7) is 0. The van der Waals surface area contributed by atoms with E-state index in [0.717, 1.165) is 23.3 Å². The van der Waals surface area contributed by atoms with Gasteiger partial charge in [0.15, 0.2) is 0 Å². The van der Waals surface area contributed by atoms with Gasteiger partial charge in [-0.15, -0.1) is 0 Å². The molecule has 1 aromatic rings. The van der Waals surface area contributed by atoms with Crippen molar-refractivity contribution in [3.05, 3.63) is 34.5 Å². The highest BCUT2D eigenvalue weighted by Gasteiger charge is 1.93. The van der Waals surface area contributed by atoms with Crippen molar-refractivity contribution in [2.45, 2.75) is 12.8 Å². The molecule has 0 saturated heterocycles. The summed E-state index contributed by atoms with van der Waals surface area (Å²) in [6.07, 6.45) is 6.35. The fraction of sp³-hybridized carbons (Fsp3) is 0.200. The van der Waals surface area contributed by atoms with Crippen LogP contribution in [0.2, 0.25) is 0 Å². The molecule has 11 heavy (non-hydrogen) atoms. The van der Waals surface area contributed by atoms with Crippen LogP contribution in [0.3, 0.4) is 0 Å². The molecule has 0 bridgehead atoms. The molecule has 0 amide bonds. The zero-order valence-electron chi connectivity index (χ0n) is 6.18. The van der Waals surface area contributed by atoms with Gasteiger partial charge in [-0.1, -0.05) is 18.2 Å². The predicted octanol–water partition coefficient (Wildman–Crippen LogP) is 1.18. The molecule has 0 unspecified atom stereocenters. The van der Waals surface area contributed by atoms with Crippen molar-refractivity contribution < 1.29 is 4.39 Å². The van der Waals surface area contributed by atoms with Gasteiger partial charge >= 0.3 is 0 Å². The van der Waals surface area contributed by atoms with E-state index < -0.39 is 0 Å². The summed E-state index contributed by atoms with van der Waals surface area (Å²) in [6, 6.07) is 4.93. The average Bonchev–Trinajstić information content (AvgIpc) is 2.04. The van der Waals surface area contributed by atoms with E-state index in [1.54, 1.807) is 6.07 Å². The maximum atomic E-state index is 12.7. The van der Waals surface area contributed by atoms with E-state index in [1.807, 2.05) is 6.07 Å². The number of benzene rings is 1. The van der Waals surface area contributed by atoms with Crippen molar-refractivity contribution in [3.8, 4) is 0 Å². The van der Waals surface area contributed by atoms with Gasteiger partial charge in [0.05, 0.1) is 0 Å². The number of fused-ring (bicyclic) bond motifs is 1. The molecule has 0 saturated carbocycles. The first kappa shape index (κ1) is 6.59. The quantitative estimate of drug-likeness (QED) is 0.518. The Bertz CT molecular complexity index is 376. The molecule has 1 aliphatic rings. The Balaban J connectivity index is 2.80. The molecule has 56 valence electrons. The molecule has 0 atom stereocenters. The van der Waals surface area contributed by atoms with E-state index in [1.165, 1.54) is 6.07 Å². The molecule has 0 heterocycles. The standard InChI is InChI=1S/C10H9F/c11-10-6-5-8-3-1-2-4-9(8)7-10/h3-7H,1-2H2. The number of hydrogen-bond acceptors (Lipinski definition) is 0. The average molecular weight is 148 g/mol. The lowest BCUT2D eigenvalue weighted by atomic mass is 10.1. The molecule has 0 aliphatic heterocycles. The minimum atomic E-state index is -0.143. The second kappa shape index (κ2) is 2.50. The lowest BCUT2D eigenvalue weighted by Crippen LogP contribution is -2.26. The van der Waals surface area contributed by atoms with E-state index in [4.69, 9.17) is 0 Å². The minimum absolute atomic E-state index is 0.143. The van der Waals surface area contributed by atoms with Crippen molar-refractivity contribution >= 4 is 12.2 Å². The van der Waals surface area contributed by atoms with Crippen molar-refractivity contribution in [1.29, 1.82) is 0 Å². The molecule has 0 fully saturated rings. The van der Waals surface area contributed by atoms with Gasteiger partial charge < -0.3 is 0 Å².